The molecule has 0 aromatic rings. The third kappa shape index (κ3) is 7.12. The summed E-state index contributed by atoms with van der Waals surface area (Å²) in [5.41, 5.74) is 0. The molecule has 23 heavy (non-hydrogen) atoms. The monoisotopic (exact) mass is 328 g/mol. The zero-order valence-corrected chi connectivity index (χ0v) is 13.7. The number of Topliss-reactive ketones (excluding diaryl/α,β-unsaturated/α-hetero) is 1. The van der Waals surface area contributed by atoms with Crippen LogP contribution in [0.25, 0.3) is 0 Å². The van der Waals surface area contributed by atoms with Crippen LogP contribution in [-0.4, -0.2) is 39.1 Å². The number of aliphatic hydroxyl groups excluding tert-OH is 1. The Bertz CT molecular complexity index is 419. The van der Waals surface area contributed by atoms with Gasteiger partial charge in [0, 0.05) is 25.7 Å². The van der Waals surface area contributed by atoms with E-state index in [9.17, 15) is 19.5 Å². The van der Waals surface area contributed by atoms with Gasteiger partial charge in [0.2, 0.25) is 0 Å². The average Bonchev–Trinajstić information content (AvgIpc) is 2.72. The first-order chi connectivity index (χ1) is 10.8. The molecule has 132 valence electrons. The van der Waals surface area contributed by atoms with Gasteiger partial charge in [-0.15, -0.1) is 0 Å². The van der Waals surface area contributed by atoms with Gasteiger partial charge in [0.05, 0.1) is 6.10 Å². The van der Waals surface area contributed by atoms with Crippen LogP contribution in [0.4, 0.5) is 0 Å². The van der Waals surface area contributed by atoms with E-state index in [0.29, 0.717) is 50.9 Å². The quantitative estimate of drug-likeness (QED) is 0.502. The summed E-state index contributed by atoms with van der Waals surface area (Å²) in [4.78, 5) is 33.0. The number of carbonyl (C=O) groups excluding carboxylic acids is 1. The number of carbonyl (C=O) groups is 3. The summed E-state index contributed by atoms with van der Waals surface area (Å²) in [5, 5.41) is 27.5. The van der Waals surface area contributed by atoms with E-state index in [4.69, 9.17) is 10.2 Å². The number of hydrogen-bond acceptors (Lipinski definition) is 4. The third-order valence-corrected chi connectivity index (χ3v) is 4.93. The lowest BCUT2D eigenvalue weighted by Crippen LogP contribution is -2.22. The number of aliphatic hydroxyl groups is 1. The molecule has 1 aliphatic carbocycles. The molecule has 0 aromatic carbocycles. The molecule has 6 nitrogen and oxygen atoms in total. The van der Waals surface area contributed by atoms with Gasteiger partial charge >= 0.3 is 11.9 Å². The summed E-state index contributed by atoms with van der Waals surface area (Å²) in [6.07, 6.45) is 3.41. The molecule has 3 N–H and O–H groups in total. The van der Waals surface area contributed by atoms with Crippen molar-refractivity contribution in [1.29, 1.82) is 0 Å². The molecule has 1 fully saturated rings. The molecule has 1 saturated carbocycles. The molecule has 0 aromatic heterocycles. The van der Waals surface area contributed by atoms with E-state index in [1.54, 1.807) is 0 Å². The Morgan fingerprint density at radius 3 is 2.04 bits per heavy atom. The zero-order chi connectivity index (χ0) is 17.4. The van der Waals surface area contributed by atoms with Gasteiger partial charge in [0.25, 0.3) is 0 Å². The largest absolute Gasteiger partial charge is 0.481 e. The van der Waals surface area contributed by atoms with Gasteiger partial charge in [-0.25, -0.2) is 0 Å². The summed E-state index contributed by atoms with van der Waals surface area (Å²) in [6.45, 7) is 2.05. The van der Waals surface area contributed by atoms with Crippen LogP contribution >= 0.6 is 0 Å². The van der Waals surface area contributed by atoms with Crippen molar-refractivity contribution in [3.63, 3.8) is 0 Å². The molecule has 6 heteroatoms. The minimum atomic E-state index is -0.856. The number of carboxylic acids is 2. The van der Waals surface area contributed by atoms with Crippen molar-refractivity contribution >= 4 is 17.7 Å². The Hall–Kier alpha value is -1.43. The van der Waals surface area contributed by atoms with Crippen LogP contribution in [0.5, 0.6) is 0 Å². The molecule has 0 amide bonds. The summed E-state index contributed by atoms with van der Waals surface area (Å²) >= 11 is 0. The first-order valence-corrected chi connectivity index (χ1v) is 8.44. The molecular formula is C17H28O6. The van der Waals surface area contributed by atoms with Gasteiger partial charge in [-0.1, -0.05) is 6.92 Å². The number of unbranched alkanes of at least 4 members (excludes halogenated alkanes) is 1. The maximum Gasteiger partial charge on any atom is 0.303 e. The molecular weight excluding hydrogens is 300 g/mol. The Balaban J connectivity index is 2.36. The number of rotatable bonds is 11. The van der Waals surface area contributed by atoms with Crippen molar-refractivity contribution in [1.82, 2.24) is 0 Å². The predicted molar refractivity (Wildman–Crippen MR) is 84.0 cm³/mol. The SMILES string of the molecule is C[C@@H]1C[C@H](O)[C@H](CCC(=O)O)[C@H]1CCC(=O)CCCCC(=O)O. The molecule has 0 heterocycles. The van der Waals surface area contributed by atoms with E-state index in [1.165, 1.54) is 0 Å². The molecule has 0 radical (unpaired) electrons. The number of hydrogen-bond donors (Lipinski definition) is 3. The molecule has 0 aliphatic heterocycles. The highest BCUT2D eigenvalue weighted by Crippen LogP contribution is 2.42. The smallest absolute Gasteiger partial charge is 0.303 e. The number of aliphatic carboxylic acids is 2. The van der Waals surface area contributed by atoms with Gasteiger partial charge in [0.15, 0.2) is 0 Å². The lowest BCUT2D eigenvalue weighted by Gasteiger charge is -2.23. The van der Waals surface area contributed by atoms with E-state index in [0.717, 1.165) is 0 Å². The highest BCUT2D eigenvalue weighted by molar-refractivity contribution is 5.78. The van der Waals surface area contributed by atoms with Crippen LogP contribution in [0.2, 0.25) is 0 Å². The highest BCUT2D eigenvalue weighted by atomic mass is 16.4. The molecule has 0 bridgehead atoms. The average molecular weight is 328 g/mol. The van der Waals surface area contributed by atoms with E-state index in [1.807, 2.05) is 6.92 Å². The second-order valence-corrected chi connectivity index (χ2v) is 6.72. The van der Waals surface area contributed by atoms with Crippen LogP contribution < -0.4 is 0 Å². The van der Waals surface area contributed by atoms with Gasteiger partial charge in [-0.2, -0.15) is 0 Å². The van der Waals surface area contributed by atoms with Gasteiger partial charge in [0.1, 0.15) is 5.78 Å². The lowest BCUT2D eigenvalue weighted by molar-refractivity contribution is -0.138. The van der Waals surface area contributed by atoms with Crippen LogP contribution in [0.3, 0.4) is 0 Å². The maximum atomic E-state index is 11.9. The van der Waals surface area contributed by atoms with E-state index in [2.05, 4.69) is 0 Å². The topological polar surface area (TPSA) is 112 Å². The maximum absolute atomic E-state index is 11.9. The van der Waals surface area contributed by atoms with Gasteiger partial charge < -0.3 is 15.3 Å². The Labute approximate surface area is 136 Å². The molecule has 0 saturated heterocycles. The van der Waals surface area contributed by atoms with Crippen molar-refractivity contribution < 1.29 is 29.7 Å². The van der Waals surface area contributed by atoms with Crippen LogP contribution in [0.15, 0.2) is 0 Å². The predicted octanol–water partition coefficient (Wildman–Crippen LogP) is 2.48. The van der Waals surface area contributed by atoms with Crippen molar-refractivity contribution in [3.8, 4) is 0 Å². The molecule has 1 rings (SSSR count). The molecule has 1 aliphatic rings. The fraction of sp³-hybridized carbons (Fsp3) is 0.824. The first-order valence-electron chi connectivity index (χ1n) is 8.44. The van der Waals surface area contributed by atoms with Gasteiger partial charge in [-0.05, 0) is 49.9 Å². The van der Waals surface area contributed by atoms with E-state index in [-0.39, 0.29) is 30.5 Å². The number of carboxylic acid groups (broad SMARTS) is 2. The second-order valence-electron chi connectivity index (χ2n) is 6.72. The van der Waals surface area contributed by atoms with E-state index >= 15 is 0 Å². The Morgan fingerprint density at radius 1 is 0.870 bits per heavy atom. The minimum Gasteiger partial charge on any atom is -0.481 e. The van der Waals surface area contributed by atoms with Crippen LogP contribution in [0, 0.1) is 17.8 Å². The fourth-order valence-corrected chi connectivity index (χ4v) is 3.68. The van der Waals surface area contributed by atoms with Crippen LogP contribution in [0.1, 0.15) is 64.7 Å². The summed E-state index contributed by atoms with van der Waals surface area (Å²) < 4.78 is 0. The molecule has 4 atom stereocenters. The minimum absolute atomic E-state index is 0.0408. The Kier molecular flexibility index (Phi) is 8.23. The normalized spacial score (nSPS) is 27.0. The van der Waals surface area contributed by atoms with Crippen molar-refractivity contribution in [2.45, 2.75) is 70.8 Å². The molecule has 0 unspecified atom stereocenters. The standard InChI is InChI=1S/C17H28O6/c1-11-10-15(19)14(8-9-17(22)23)13(11)7-6-12(18)4-2-3-5-16(20)21/h11,13-15,19H,2-10H2,1H3,(H,20,21)(H,22,23)/t11-,13+,14-,15+/m1/s1. The lowest BCUT2D eigenvalue weighted by atomic mass is 9.82. The van der Waals surface area contributed by atoms with Crippen molar-refractivity contribution in [2.24, 2.45) is 17.8 Å². The highest BCUT2D eigenvalue weighted by Gasteiger charge is 2.39. The van der Waals surface area contributed by atoms with Crippen molar-refractivity contribution in [2.75, 3.05) is 0 Å². The van der Waals surface area contributed by atoms with Crippen molar-refractivity contribution in [3.05, 3.63) is 0 Å². The van der Waals surface area contributed by atoms with Crippen LogP contribution in [-0.2, 0) is 14.4 Å². The fourth-order valence-electron chi connectivity index (χ4n) is 3.68. The Morgan fingerprint density at radius 2 is 1.43 bits per heavy atom. The van der Waals surface area contributed by atoms with E-state index < -0.39 is 18.0 Å². The second kappa shape index (κ2) is 9.65. The number of ketones is 1. The zero-order valence-electron chi connectivity index (χ0n) is 13.7. The first kappa shape index (κ1) is 19.6. The summed E-state index contributed by atoms with van der Waals surface area (Å²) in [7, 11) is 0. The summed E-state index contributed by atoms with van der Waals surface area (Å²) in [5.74, 6) is -1.13. The van der Waals surface area contributed by atoms with Gasteiger partial charge in [-0.3, -0.25) is 14.4 Å². The summed E-state index contributed by atoms with van der Waals surface area (Å²) in [6, 6.07) is 0. The molecule has 0 spiro atoms. The third-order valence-electron chi connectivity index (χ3n) is 4.93.